The highest BCUT2D eigenvalue weighted by Gasteiger charge is 2.23. The summed E-state index contributed by atoms with van der Waals surface area (Å²) in [5, 5.41) is 0.351. The third-order valence-electron chi connectivity index (χ3n) is 2.55. The predicted molar refractivity (Wildman–Crippen MR) is 54.7 cm³/mol. The Morgan fingerprint density at radius 3 is 2.92 bits per heavy atom. The minimum Gasteiger partial charge on any atom is -0.298 e. The molecule has 2 heteroatoms. The molecule has 0 amide bonds. The highest BCUT2D eigenvalue weighted by atomic mass is 35.5. The number of hydrogen-bond acceptors (Lipinski definition) is 1. The zero-order valence-electron chi connectivity index (χ0n) is 7.96. The van der Waals surface area contributed by atoms with Crippen LogP contribution in [0.15, 0.2) is 12.2 Å². The molecule has 0 bridgehead atoms. The number of piperidine rings is 1. The maximum atomic E-state index is 6.18. The van der Waals surface area contributed by atoms with Crippen LogP contribution in [0.25, 0.3) is 0 Å². The molecule has 0 spiro atoms. The first-order valence-corrected chi connectivity index (χ1v) is 5.15. The summed E-state index contributed by atoms with van der Waals surface area (Å²) in [4.78, 5) is 2.41. The van der Waals surface area contributed by atoms with Gasteiger partial charge in [0, 0.05) is 18.5 Å². The standard InChI is InChI=1S/C10H18ClN/c1-3-4-6-12-7-5-9(2)10(11)8-12/h3-4,9-10H,5-8H2,1-2H3/b4-3+. The Kier molecular flexibility index (Phi) is 4.10. The molecular weight excluding hydrogens is 170 g/mol. The average molecular weight is 188 g/mol. The largest absolute Gasteiger partial charge is 0.298 e. The molecule has 0 aromatic heterocycles. The molecule has 0 saturated carbocycles. The van der Waals surface area contributed by atoms with Gasteiger partial charge in [-0.3, -0.25) is 4.90 Å². The molecule has 0 aromatic carbocycles. The first-order chi connectivity index (χ1) is 5.74. The van der Waals surface area contributed by atoms with E-state index in [2.05, 4.69) is 30.9 Å². The van der Waals surface area contributed by atoms with E-state index in [9.17, 15) is 0 Å². The molecule has 0 N–H and O–H groups in total. The smallest absolute Gasteiger partial charge is 0.0489 e. The van der Waals surface area contributed by atoms with Crippen molar-refractivity contribution >= 4 is 11.6 Å². The summed E-state index contributed by atoms with van der Waals surface area (Å²) in [6.45, 7) is 7.61. The Bertz CT molecular complexity index is 156. The lowest BCUT2D eigenvalue weighted by atomic mass is 9.99. The molecule has 2 atom stereocenters. The Morgan fingerprint density at radius 1 is 1.58 bits per heavy atom. The monoisotopic (exact) mass is 187 g/mol. The molecule has 0 aliphatic carbocycles. The van der Waals surface area contributed by atoms with E-state index in [1.54, 1.807) is 0 Å². The van der Waals surface area contributed by atoms with Crippen molar-refractivity contribution in [3.8, 4) is 0 Å². The van der Waals surface area contributed by atoms with E-state index in [1.165, 1.54) is 13.0 Å². The molecule has 1 fully saturated rings. The van der Waals surface area contributed by atoms with Crippen LogP contribution in [0.5, 0.6) is 0 Å². The Labute approximate surface area is 80.4 Å². The number of hydrogen-bond donors (Lipinski definition) is 0. The molecule has 1 heterocycles. The Balaban J connectivity index is 2.30. The van der Waals surface area contributed by atoms with E-state index in [4.69, 9.17) is 11.6 Å². The van der Waals surface area contributed by atoms with E-state index >= 15 is 0 Å². The summed E-state index contributed by atoms with van der Waals surface area (Å²) in [5.41, 5.74) is 0. The summed E-state index contributed by atoms with van der Waals surface area (Å²) < 4.78 is 0. The molecule has 0 aromatic rings. The molecule has 1 rings (SSSR count). The number of nitrogens with zero attached hydrogens (tertiary/aromatic N) is 1. The van der Waals surface area contributed by atoms with E-state index in [0.29, 0.717) is 11.3 Å². The fourth-order valence-corrected chi connectivity index (χ4v) is 1.83. The minimum atomic E-state index is 0.351. The van der Waals surface area contributed by atoms with Gasteiger partial charge >= 0.3 is 0 Å². The van der Waals surface area contributed by atoms with Crippen molar-refractivity contribution in [2.75, 3.05) is 19.6 Å². The summed E-state index contributed by atoms with van der Waals surface area (Å²) >= 11 is 6.18. The fraction of sp³-hybridized carbons (Fsp3) is 0.800. The van der Waals surface area contributed by atoms with Gasteiger partial charge < -0.3 is 0 Å². The van der Waals surface area contributed by atoms with Gasteiger partial charge in [-0.15, -0.1) is 11.6 Å². The van der Waals surface area contributed by atoms with Gasteiger partial charge in [-0.25, -0.2) is 0 Å². The lowest BCUT2D eigenvalue weighted by Gasteiger charge is -2.33. The van der Waals surface area contributed by atoms with Gasteiger partial charge in [-0.1, -0.05) is 19.1 Å². The van der Waals surface area contributed by atoms with Crippen molar-refractivity contribution in [1.82, 2.24) is 4.90 Å². The second-order valence-corrected chi connectivity index (χ2v) is 4.17. The van der Waals surface area contributed by atoms with E-state index in [0.717, 1.165) is 13.1 Å². The van der Waals surface area contributed by atoms with Crippen LogP contribution in [0, 0.1) is 5.92 Å². The summed E-state index contributed by atoms with van der Waals surface area (Å²) in [6, 6.07) is 0. The summed E-state index contributed by atoms with van der Waals surface area (Å²) in [5.74, 6) is 0.688. The van der Waals surface area contributed by atoms with Gasteiger partial charge in [0.05, 0.1) is 0 Å². The first-order valence-electron chi connectivity index (χ1n) is 4.71. The second kappa shape index (κ2) is 4.88. The van der Waals surface area contributed by atoms with Gasteiger partial charge in [0.25, 0.3) is 0 Å². The molecule has 12 heavy (non-hydrogen) atoms. The van der Waals surface area contributed by atoms with Crippen LogP contribution in [-0.4, -0.2) is 29.9 Å². The zero-order valence-corrected chi connectivity index (χ0v) is 8.72. The van der Waals surface area contributed by atoms with Crippen molar-refractivity contribution < 1.29 is 0 Å². The topological polar surface area (TPSA) is 3.24 Å². The quantitative estimate of drug-likeness (QED) is 0.475. The highest BCUT2D eigenvalue weighted by Crippen LogP contribution is 2.21. The molecule has 70 valence electrons. The van der Waals surface area contributed by atoms with Gasteiger partial charge in [0.2, 0.25) is 0 Å². The fourth-order valence-electron chi connectivity index (χ4n) is 1.51. The Hall–Kier alpha value is -0.0100. The number of allylic oxidation sites excluding steroid dienone is 1. The summed E-state index contributed by atoms with van der Waals surface area (Å²) in [6.07, 6.45) is 5.53. The molecule has 2 unspecified atom stereocenters. The average Bonchev–Trinajstić information content (AvgIpc) is 2.07. The summed E-state index contributed by atoms with van der Waals surface area (Å²) in [7, 11) is 0. The lowest BCUT2D eigenvalue weighted by Crippen LogP contribution is -2.40. The van der Waals surface area contributed by atoms with Crippen LogP contribution in [0.4, 0.5) is 0 Å². The zero-order chi connectivity index (χ0) is 8.97. The predicted octanol–water partition coefficient (Wildman–Crippen LogP) is 2.51. The van der Waals surface area contributed by atoms with Crippen LogP contribution in [-0.2, 0) is 0 Å². The second-order valence-electron chi connectivity index (χ2n) is 3.61. The molecule has 0 radical (unpaired) electrons. The van der Waals surface area contributed by atoms with Crippen LogP contribution in [0.3, 0.4) is 0 Å². The number of likely N-dealkylation sites (tertiary alicyclic amines) is 1. The van der Waals surface area contributed by atoms with E-state index in [1.807, 2.05) is 0 Å². The van der Waals surface area contributed by atoms with Crippen LogP contribution in [0.1, 0.15) is 20.3 Å². The van der Waals surface area contributed by atoms with Gasteiger partial charge in [0.15, 0.2) is 0 Å². The minimum absolute atomic E-state index is 0.351. The third kappa shape index (κ3) is 2.80. The first kappa shape index (κ1) is 10.1. The van der Waals surface area contributed by atoms with Gasteiger partial charge in [-0.05, 0) is 25.8 Å². The van der Waals surface area contributed by atoms with Crippen LogP contribution < -0.4 is 0 Å². The Morgan fingerprint density at radius 2 is 2.33 bits per heavy atom. The van der Waals surface area contributed by atoms with E-state index < -0.39 is 0 Å². The third-order valence-corrected chi connectivity index (χ3v) is 3.12. The van der Waals surface area contributed by atoms with Crippen molar-refractivity contribution in [3.05, 3.63) is 12.2 Å². The maximum absolute atomic E-state index is 6.18. The number of halogens is 1. The molecule has 1 aliphatic heterocycles. The van der Waals surface area contributed by atoms with Crippen molar-refractivity contribution in [1.29, 1.82) is 0 Å². The number of rotatable bonds is 2. The highest BCUT2D eigenvalue weighted by molar-refractivity contribution is 6.21. The van der Waals surface area contributed by atoms with Crippen LogP contribution >= 0.6 is 11.6 Å². The van der Waals surface area contributed by atoms with Crippen molar-refractivity contribution in [3.63, 3.8) is 0 Å². The molecule has 1 saturated heterocycles. The maximum Gasteiger partial charge on any atom is 0.0489 e. The number of alkyl halides is 1. The SMILES string of the molecule is C/C=C/CN1CCC(C)C(Cl)C1. The van der Waals surface area contributed by atoms with Crippen molar-refractivity contribution in [2.45, 2.75) is 25.6 Å². The molecule has 1 nitrogen and oxygen atoms in total. The van der Waals surface area contributed by atoms with Gasteiger partial charge in [-0.2, -0.15) is 0 Å². The van der Waals surface area contributed by atoms with Crippen LogP contribution in [0.2, 0.25) is 0 Å². The van der Waals surface area contributed by atoms with Gasteiger partial charge in [0.1, 0.15) is 0 Å². The van der Waals surface area contributed by atoms with Crippen molar-refractivity contribution in [2.24, 2.45) is 5.92 Å². The normalized spacial score (nSPS) is 32.9. The molecular formula is C10H18ClN. The molecule has 1 aliphatic rings. The lowest BCUT2D eigenvalue weighted by molar-refractivity contribution is 0.214. The van der Waals surface area contributed by atoms with E-state index in [-0.39, 0.29) is 0 Å².